The lowest BCUT2D eigenvalue weighted by molar-refractivity contribution is -0.388. The Bertz CT molecular complexity index is 1130. The Morgan fingerprint density at radius 1 is 1.06 bits per heavy atom. The zero-order chi connectivity index (χ0) is 22.5. The Labute approximate surface area is 188 Å². The molecule has 0 heterocycles. The zero-order valence-corrected chi connectivity index (χ0v) is 18.0. The first kappa shape index (κ1) is 22.3. The Hall–Kier alpha value is -3.36. The molecule has 3 aromatic carbocycles. The maximum Gasteiger partial charge on any atom is 0.295 e. The van der Waals surface area contributed by atoms with Crippen LogP contribution in [0.25, 0.3) is 0 Å². The number of primary amides is 1. The van der Waals surface area contributed by atoms with Gasteiger partial charge in [-0.2, -0.15) is 0 Å². The van der Waals surface area contributed by atoms with Gasteiger partial charge in [0, 0.05) is 27.7 Å². The standard InChI is InChI=1S/C22H18ClN3O4S/c1-2-25(16-10-6-14(7-11-16)21(24)27)22(28)18-4-3-5-19(20(18)26(29)30)31-17-12-8-15(23)9-13-17/h3-13H,2H2,1H3,(H2,24,27). The van der Waals surface area contributed by atoms with E-state index in [2.05, 4.69) is 0 Å². The molecule has 0 aliphatic rings. The molecule has 7 nitrogen and oxygen atoms in total. The van der Waals surface area contributed by atoms with Gasteiger partial charge in [0.15, 0.2) is 0 Å². The number of carbonyl (C=O) groups excluding carboxylic acids is 2. The average Bonchev–Trinajstić information content (AvgIpc) is 2.75. The Morgan fingerprint density at radius 2 is 1.71 bits per heavy atom. The van der Waals surface area contributed by atoms with Crippen molar-refractivity contribution in [3.05, 3.63) is 93.0 Å². The van der Waals surface area contributed by atoms with Crippen LogP contribution in [0.1, 0.15) is 27.6 Å². The van der Waals surface area contributed by atoms with Gasteiger partial charge >= 0.3 is 0 Å². The number of nitrogens with zero attached hydrogens (tertiary/aromatic N) is 2. The molecule has 0 fully saturated rings. The molecule has 0 spiro atoms. The number of hydrogen-bond donors (Lipinski definition) is 1. The minimum Gasteiger partial charge on any atom is -0.366 e. The van der Waals surface area contributed by atoms with Crippen molar-refractivity contribution in [2.75, 3.05) is 11.4 Å². The van der Waals surface area contributed by atoms with Gasteiger partial charge in [-0.3, -0.25) is 19.7 Å². The summed E-state index contributed by atoms with van der Waals surface area (Å²) in [6, 6.07) is 17.7. The van der Waals surface area contributed by atoms with Crippen molar-refractivity contribution in [2.45, 2.75) is 16.7 Å². The third-order valence-corrected chi connectivity index (χ3v) is 5.79. The predicted octanol–water partition coefficient (Wildman–Crippen LogP) is 5.17. The van der Waals surface area contributed by atoms with Crippen LogP contribution in [0.5, 0.6) is 0 Å². The number of nitrogens with two attached hydrogens (primary N) is 1. The van der Waals surface area contributed by atoms with Gasteiger partial charge in [0.05, 0.1) is 9.82 Å². The second-order valence-electron chi connectivity index (χ2n) is 6.43. The Kier molecular flexibility index (Phi) is 6.94. The van der Waals surface area contributed by atoms with Crippen LogP contribution in [0.15, 0.2) is 76.5 Å². The highest BCUT2D eigenvalue weighted by Crippen LogP contribution is 2.38. The van der Waals surface area contributed by atoms with E-state index >= 15 is 0 Å². The number of benzene rings is 3. The van der Waals surface area contributed by atoms with Gasteiger partial charge in [-0.25, -0.2) is 0 Å². The van der Waals surface area contributed by atoms with Gasteiger partial charge in [0.25, 0.3) is 11.6 Å². The molecule has 0 aliphatic heterocycles. The molecular weight excluding hydrogens is 438 g/mol. The number of para-hydroxylation sites is 1. The van der Waals surface area contributed by atoms with Crippen molar-refractivity contribution in [3.8, 4) is 0 Å². The summed E-state index contributed by atoms with van der Waals surface area (Å²) >= 11 is 7.09. The highest BCUT2D eigenvalue weighted by molar-refractivity contribution is 7.99. The van der Waals surface area contributed by atoms with Crippen molar-refractivity contribution in [1.29, 1.82) is 0 Å². The number of rotatable bonds is 7. The molecule has 0 atom stereocenters. The topological polar surface area (TPSA) is 107 Å². The van der Waals surface area contributed by atoms with Gasteiger partial charge in [0.1, 0.15) is 5.56 Å². The summed E-state index contributed by atoms with van der Waals surface area (Å²) in [4.78, 5) is 38.4. The van der Waals surface area contributed by atoms with Crippen LogP contribution in [-0.4, -0.2) is 23.3 Å². The van der Waals surface area contributed by atoms with E-state index in [9.17, 15) is 19.7 Å². The number of nitro benzene ring substituents is 1. The van der Waals surface area contributed by atoms with Crippen LogP contribution in [0.2, 0.25) is 5.02 Å². The van der Waals surface area contributed by atoms with Crippen molar-refractivity contribution in [1.82, 2.24) is 0 Å². The van der Waals surface area contributed by atoms with Crippen LogP contribution in [-0.2, 0) is 0 Å². The smallest absolute Gasteiger partial charge is 0.295 e. The largest absolute Gasteiger partial charge is 0.366 e. The molecule has 0 unspecified atom stereocenters. The van der Waals surface area contributed by atoms with E-state index < -0.39 is 16.7 Å². The van der Waals surface area contributed by atoms with Crippen LogP contribution in [0.4, 0.5) is 11.4 Å². The first-order chi connectivity index (χ1) is 14.8. The van der Waals surface area contributed by atoms with Gasteiger partial charge in [0.2, 0.25) is 5.91 Å². The van der Waals surface area contributed by atoms with Crippen molar-refractivity contribution >= 4 is 46.6 Å². The minimum absolute atomic E-state index is 0.0233. The number of hydrogen-bond acceptors (Lipinski definition) is 5. The van der Waals surface area contributed by atoms with E-state index in [-0.39, 0.29) is 17.8 Å². The fourth-order valence-corrected chi connectivity index (χ4v) is 4.07. The van der Waals surface area contributed by atoms with Crippen LogP contribution in [0.3, 0.4) is 0 Å². The summed E-state index contributed by atoms with van der Waals surface area (Å²) < 4.78 is 0. The van der Waals surface area contributed by atoms with Crippen molar-refractivity contribution in [2.24, 2.45) is 5.73 Å². The van der Waals surface area contributed by atoms with E-state index in [1.165, 1.54) is 34.9 Å². The van der Waals surface area contributed by atoms with E-state index in [1.807, 2.05) is 0 Å². The fourth-order valence-electron chi connectivity index (χ4n) is 2.99. The number of carbonyl (C=O) groups is 2. The second-order valence-corrected chi connectivity index (χ2v) is 7.98. The van der Waals surface area contributed by atoms with E-state index in [0.29, 0.717) is 21.2 Å². The molecule has 0 saturated heterocycles. The molecule has 2 N–H and O–H groups in total. The van der Waals surface area contributed by atoms with E-state index in [0.717, 1.165) is 4.90 Å². The first-order valence-electron chi connectivity index (χ1n) is 9.24. The van der Waals surface area contributed by atoms with Crippen LogP contribution in [0, 0.1) is 10.1 Å². The monoisotopic (exact) mass is 455 g/mol. The maximum absolute atomic E-state index is 13.3. The third-order valence-electron chi connectivity index (χ3n) is 4.48. The van der Waals surface area contributed by atoms with Crippen LogP contribution < -0.4 is 10.6 Å². The summed E-state index contributed by atoms with van der Waals surface area (Å²) in [7, 11) is 0. The van der Waals surface area contributed by atoms with E-state index in [1.54, 1.807) is 55.5 Å². The molecule has 2 amide bonds. The number of amides is 2. The lowest BCUT2D eigenvalue weighted by Crippen LogP contribution is -2.31. The quantitative estimate of drug-likeness (QED) is 0.391. The molecule has 3 rings (SSSR count). The highest BCUT2D eigenvalue weighted by Gasteiger charge is 2.28. The molecule has 31 heavy (non-hydrogen) atoms. The molecule has 158 valence electrons. The molecule has 0 saturated carbocycles. The summed E-state index contributed by atoms with van der Waals surface area (Å²) in [6.07, 6.45) is 0. The summed E-state index contributed by atoms with van der Waals surface area (Å²) in [5.41, 5.74) is 5.78. The van der Waals surface area contributed by atoms with Crippen molar-refractivity contribution in [3.63, 3.8) is 0 Å². The summed E-state index contributed by atoms with van der Waals surface area (Å²) in [5.74, 6) is -1.09. The molecule has 0 aliphatic carbocycles. The lowest BCUT2D eigenvalue weighted by Gasteiger charge is -2.21. The normalized spacial score (nSPS) is 10.5. The molecular formula is C22H18ClN3O4S. The fraction of sp³-hybridized carbons (Fsp3) is 0.0909. The third kappa shape index (κ3) is 5.04. The predicted molar refractivity (Wildman–Crippen MR) is 121 cm³/mol. The summed E-state index contributed by atoms with van der Waals surface area (Å²) in [6.45, 7) is 2.04. The Balaban J connectivity index is 1.99. The molecule has 3 aromatic rings. The molecule has 0 aromatic heterocycles. The number of nitro groups is 1. The van der Waals surface area contributed by atoms with Crippen molar-refractivity contribution < 1.29 is 14.5 Å². The SMILES string of the molecule is CCN(C(=O)c1cccc(Sc2ccc(Cl)cc2)c1[N+](=O)[O-])c1ccc(C(N)=O)cc1. The minimum atomic E-state index is -0.580. The molecule has 0 bridgehead atoms. The summed E-state index contributed by atoms with van der Waals surface area (Å²) in [5, 5.41) is 12.5. The first-order valence-corrected chi connectivity index (χ1v) is 10.4. The van der Waals surface area contributed by atoms with Gasteiger partial charge in [-0.1, -0.05) is 29.4 Å². The second kappa shape index (κ2) is 9.63. The molecule has 9 heteroatoms. The van der Waals surface area contributed by atoms with Gasteiger partial charge in [-0.15, -0.1) is 0 Å². The van der Waals surface area contributed by atoms with Crippen LogP contribution >= 0.6 is 23.4 Å². The zero-order valence-electron chi connectivity index (χ0n) is 16.4. The lowest BCUT2D eigenvalue weighted by atomic mass is 10.1. The Morgan fingerprint density at radius 3 is 2.26 bits per heavy atom. The van der Waals surface area contributed by atoms with E-state index in [4.69, 9.17) is 17.3 Å². The molecule has 0 radical (unpaired) electrons. The number of anilines is 1. The van der Waals surface area contributed by atoms with Gasteiger partial charge < -0.3 is 10.6 Å². The number of halogens is 1. The maximum atomic E-state index is 13.3. The highest BCUT2D eigenvalue weighted by atomic mass is 35.5. The average molecular weight is 456 g/mol. The van der Waals surface area contributed by atoms with Gasteiger partial charge in [-0.05, 0) is 67.6 Å².